The van der Waals surface area contributed by atoms with Crippen molar-refractivity contribution in [3.63, 3.8) is 0 Å². The van der Waals surface area contributed by atoms with Gasteiger partial charge in [-0.15, -0.1) is 11.8 Å². The van der Waals surface area contributed by atoms with E-state index in [2.05, 4.69) is 0 Å². The molecule has 1 fully saturated rings. The van der Waals surface area contributed by atoms with Crippen molar-refractivity contribution < 1.29 is 33.9 Å². The van der Waals surface area contributed by atoms with E-state index >= 15 is 0 Å². The van der Waals surface area contributed by atoms with Crippen LogP contribution in [0.15, 0.2) is 65.9 Å². The van der Waals surface area contributed by atoms with Crippen molar-refractivity contribution in [2.75, 3.05) is 12.4 Å². The lowest BCUT2D eigenvalue weighted by atomic mass is 9.89. The van der Waals surface area contributed by atoms with E-state index in [0.717, 1.165) is 10.5 Å². The summed E-state index contributed by atoms with van der Waals surface area (Å²) in [5, 5.41) is 20.4. The number of ether oxygens (including phenoxy) is 1. The number of amides is 1. The number of rotatable bonds is 10. The number of ketones is 1. The highest BCUT2D eigenvalue weighted by atomic mass is 32.2. The van der Waals surface area contributed by atoms with Gasteiger partial charge >= 0.3 is 11.9 Å². The van der Waals surface area contributed by atoms with Gasteiger partial charge in [0.25, 0.3) is 5.69 Å². The minimum atomic E-state index is -1.33. The molecule has 10 nitrogen and oxygen atoms in total. The lowest BCUT2D eigenvalue weighted by Gasteiger charge is -2.49. The van der Waals surface area contributed by atoms with E-state index in [0.29, 0.717) is 0 Å². The van der Waals surface area contributed by atoms with Crippen LogP contribution in [0.5, 0.6) is 0 Å². The summed E-state index contributed by atoms with van der Waals surface area (Å²) in [6.45, 7) is -0.359. The normalized spacial score (nSPS) is 18.8. The summed E-state index contributed by atoms with van der Waals surface area (Å²) in [5.74, 6) is -3.04. The second-order valence-corrected chi connectivity index (χ2v) is 9.51. The first kappa shape index (κ1) is 25.1. The largest absolute Gasteiger partial charge is 0.477 e. The number of esters is 1. The van der Waals surface area contributed by atoms with Crippen LogP contribution < -0.4 is 0 Å². The van der Waals surface area contributed by atoms with Crippen LogP contribution in [0, 0.1) is 16.0 Å². The molecular weight excluding hydrogens is 488 g/mol. The van der Waals surface area contributed by atoms with Gasteiger partial charge < -0.3 is 9.84 Å². The van der Waals surface area contributed by atoms with Crippen molar-refractivity contribution in [2.45, 2.75) is 24.6 Å². The van der Waals surface area contributed by atoms with E-state index in [9.17, 15) is 34.4 Å². The van der Waals surface area contributed by atoms with Crippen LogP contribution in [-0.4, -0.2) is 56.3 Å². The van der Waals surface area contributed by atoms with Gasteiger partial charge in [0, 0.05) is 35.8 Å². The standard InChI is InChI=1S/C25H22N2O8S/c28-18(10-15-6-2-1-3-7-15)12-19-23(30)26-22(25(31)32)17(14-36-24(19)26)13-35-21(29)11-16-8-4-5-9-20(16)27(33)34/h1-9,19,24H,10-14H2,(H,31,32)/t19-,24-/m1/s1. The van der Waals surface area contributed by atoms with Crippen molar-refractivity contribution in [3.05, 3.63) is 87.1 Å². The molecule has 11 heteroatoms. The zero-order valence-corrected chi connectivity index (χ0v) is 19.8. The van der Waals surface area contributed by atoms with Crippen LogP contribution in [0.2, 0.25) is 0 Å². The monoisotopic (exact) mass is 510 g/mol. The lowest BCUT2D eigenvalue weighted by Crippen LogP contribution is -2.62. The third kappa shape index (κ3) is 5.30. The number of nitro groups is 1. The predicted molar refractivity (Wildman–Crippen MR) is 129 cm³/mol. The number of benzene rings is 2. The molecule has 2 aliphatic rings. The maximum atomic E-state index is 12.8. The first-order valence-corrected chi connectivity index (χ1v) is 12.1. The zero-order valence-electron chi connectivity index (χ0n) is 19.0. The van der Waals surface area contributed by atoms with Gasteiger partial charge in [0.15, 0.2) is 0 Å². The number of para-hydroxylation sites is 1. The number of carbonyl (C=O) groups excluding carboxylic acids is 3. The zero-order chi connectivity index (χ0) is 25.8. The molecule has 0 bridgehead atoms. The Morgan fingerprint density at radius 1 is 1.08 bits per heavy atom. The summed E-state index contributed by atoms with van der Waals surface area (Å²) < 4.78 is 5.21. The van der Waals surface area contributed by atoms with E-state index in [1.807, 2.05) is 30.3 Å². The predicted octanol–water partition coefficient (Wildman–Crippen LogP) is 2.75. The SMILES string of the molecule is O=C(Cc1ccccc1)C[C@@H]1C(=O)N2C(C(=O)O)=C(COC(=O)Cc3ccccc3[N+](=O)[O-])CS[C@H]12. The van der Waals surface area contributed by atoms with Crippen LogP contribution in [-0.2, 0) is 36.8 Å². The average Bonchev–Trinajstić information content (AvgIpc) is 2.86. The van der Waals surface area contributed by atoms with Gasteiger partial charge in [-0.3, -0.25) is 29.4 Å². The molecule has 0 unspecified atom stereocenters. The molecule has 1 N–H and O–H groups in total. The Kier molecular flexibility index (Phi) is 7.49. The Hall–Kier alpha value is -3.99. The molecule has 2 aromatic carbocycles. The van der Waals surface area contributed by atoms with E-state index in [4.69, 9.17) is 4.74 Å². The number of Topliss-reactive ketones (excluding diaryl/α,β-unsaturated/α-hetero) is 1. The van der Waals surface area contributed by atoms with Crippen molar-refractivity contribution in [1.29, 1.82) is 0 Å². The Morgan fingerprint density at radius 2 is 1.78 bits per heavy atom. The minimum Gasteiger partial charge on any atom is -0.477 e. The maximum absolute atomic E-state index is 12.8. The fraction of sp³-hybridized carbons (Fsp3) is 0.280. The van der Waals surface area contributed by atoms with Crippen molar-refractivity contribution in [2.24, 2.45) is 5.92 Å². The van der Waals surface area contributed by atoms with E-state index in [1.165, 1.54) is 30.0 Å². The Labute approximate surface area is 210 Å². The van der Waals surface area contributed by atoms with Gasteiger partial charge in [-0.2, -0.15) is 0 Å². The average molecular weight is 511 g/mol. The van der Waals surface area contributed by atoms with Gasteiger partial charge in [-0.05, 0) is 5.56 Å². The summed E-state index contributed by atoms with van der Waals surface area (Å²) >= 11 is 1.32. The number of nitro benzene ring substituents is 1. The lowest BCUT2D eigenvalue weighted by molar-refractivity contribution is -0.385. The molecule has 0 spiro atoms. The molecule has 2 atom stereocenters. The number of carboxylic acids is 1. The fourth-order valence-corrected chi connectivity index (χ4v) is 5.68. The molecule has 0 radical (unpaired) electrons. The number of carboxylic acid groups (broad SMARTS) is 1. The van der Waals surface area contributed by atoms with Crippen LogP contribution >= 0.6 is 11.8 Å². The third-order valence-electron chi connectivity index (χ3n) is 5.98. The molecule has 4 rings (SSSR count). The van der Waals surface area contributed by atoms with Crippen LogP contribution in [0.25, 0.3) is 0 Å². The van der Waals surface area contributed by atoms with E-state index in [1.54, 1.807) is 6.07 Å². The Bertz CT molecular complexity index is 1260. The van der Waals surface area contributed by atoms with E-state index < -0.39 is 34.1 Å². The number of hydrogen-bond donors (Lipinski definition) is 1. The van der Waals surface area contributed by atoms with Crippen molar-refractivity contribution in [3.8, 4) is 0 Å². The Morgan fingerprint density at radius 3 is 2.47 bits per heavy atom. The van der Waals surface area contributed by atoms with Gasteiger partial charge in [0.2, 0.25) is 5.91 Å². The maximum Gasteiger partial charge on any atom is 0.352 e. The summed E-state index contributed by atoms with van der Waals surface area (Å²) in [5.41, 5.74) is 0.823. The van der Waals surface area contributed by atoms with Gasteiger partial charge in [0.05, 0.1) is 22.6 Å². The highest BCUT2D eigenvalue weighted by Gasteiger charge is 2.53. The van der Waals surface area contributed by atoms with Gasteiger partial charge in [-0.25, -0.2) is 4.79 Å². The number of β-lactam (4-membered cyclic amide) rings is 1. The number of carbonyl (C=O) groups is 4. The molecule has 0 aliphatic carbocycles. The summed E-state index contributed by atoms with van der Waals surface area (Å²) in [6, 6.07) is 14.9. The summed E-state index contributed by atoms with van der Waals surface area (Å²) in [6.07, 6.45) is -0.129. The highest BCUT2D eigenvalue weighted by molar-refractivity contribution is 8.00. The summed E-state index contributed by atoms with van der Waals surface area (Å²) in [4.78, 5) is 61.3. The molecule has 0 saturated carbocycles. The highest BCUT2D eigenvalue weighted by Crippen LogP contribution is 2.45. The molecule has 36 heavy (non-hydrogen) atoms. The second kappa shape index (κ2) is 10.7. The third-order valence-corrected chi connectivity index (χ3v) is 7.38. The molecule has 1 amide bonds. The van der Waals surface area contributed by atoms with E-state index in [-0.39, 0.29) is 59.9 Å². The first-order valence-electron chi connectivity index (χ1n) is 11.1. The van der Waals surface area contributed by atoms with Crippen molar-refractivity contribution in [1.82, 2.24) is 4.90 Å². The number of hydrogen-bond acceptors (Lipinski definition) is 8. The quantitative estimate of drug-likeness (QED) is 0.221. The van der Waals surface area contributed by atoms with Crippen molar-refractivity contribution >= 4 is 41.1 Å². The molecule has 0 aromatic heterocycles. The number of aliphatic carboxylic acids is 1. The van der Waals surface area contributed by atoms with Crippen LogP contribution in [0.3, 0.4) is 0 Å². The summed E-state index contributed by atoms with van der Waals surface area (Å²) in [7, 11) is 0. The van der Waals surface area contributed by atoms with Gasteiger partial charge in [-0.1, -0.05) is 48.5 Å². The number of fused-ring (bicyclic) bond motifs is 1. The molecular formula is C25H22N2O8S. The van der Waals surface area contributed by atoms with Gasteiger partial charge in [0.1, 0.15) is 18.1 Å². The molecule has 1 saturated heterocycles. The minimum absolute atomic E-state index is 0.0228. The fourth-order valence-electron chi connectivity index (χ4n) is 4.28. The molecule has 186 valence electrons. The topological polar surface area (TPSA) is 144 Å². The molecule has 2 heterocycles. The van der Waals surface area contributed by atoms with Crippen LogP contribution in [0.1, 0.15) is 17.5 Å². The van der Waals surface area contributed by atoms with Crippen LogP contribution in [0.4, 0.5) is 5.69 Å². The smallest absolute Gasteiger partial charge is 0.352 e. The number of nitrogens with zero attached hydrogens (tertiary/aromatic N) is 2. The molecule has 2 aliphatic heterocycles. The number of thioether (sulfide) groups is 1. The first-order chi connectivity index (χ1) is 17.3. The molecule has 2 aromatic rings. The second-order valence-electron chi connectivity index (χ2n) is 8.40. The Balaban J connectivity index is 1.39.